The van der Waals surface area contributed by atoms with Gasteiger partial charge in [0.1, 0.15) is 5.82 Å². The molecule has 1 N–H and O–H groups in total. The third-order valence-corrected chi connectivity index (χ3v) is 3.45. The van der Waals surface area contributed by atoms with E-state index in [0.29, 0.717) is 11.5 Å². The number of hydrogen-bond acceptors (Lipinski definition) is 2. The van der Waals surface area contributed by atoms with Crippen LogP contribution in [0.25, 0.3) is 0 Å². The van der Waals surface area contributed by atoms with Crippen LogP contribution in [0.15, 0.2) is 18.2 Å². The number of piperidine rings is 1. The molecule has 1 unspecified atom stereocenters. The maximum absolute atomic E-state index is 13.8. The van der Waals surface area contributed by atoms with Crippen molar-refractivity contribution in [3.63, 3.8) is 0 Å². The predicted octanol–water partition coefficient (Wildman–Crippen LogP) is 3.12. The van der Waals surface area contributed by atoms with E-state index >= 15 is 0 Å². The molecule has 2 rings (SSSR count). The van der Waals surface area contributed by atoms with E-state index in [1.165, 1.54) is 12.5 Å². The maximum atomic E-state index is 13.8. The summed E-state index contributed by atoms with van der Waals surface area (Å²) >= 11 is 0. The molecule has 0 amide bonds. The number of rotatable bonds is 2. The van der Waals surface area contributed by atoms with Crippen LogP contribution in [0.3, 0.4) is 0 Å². The van der Waals surface area contributed by atoms with Crippen molar-refractivity contribution in [3.05, 3.63) is 29.6 Å². The Kier molecular flexibility index (Phi) is 3.67. The summed E-state index contributed by atoms with van der Waals surface area (Å²) in [5.74, 6) is 0.324. The fourth-order valence-electron chi connectivity index (χ4n) is 2.62. The van der Waals surface area contributed by atoms with Crippen LogP contribution in [0.2, 0.25) is 0 Å². The third kappa shape index (κ3) is 2.60. The molecule has 1 aromatic carbocycles. The van der Waals surface area contributed by atoms with Crippen LogP contribution in [-0.2, 0) is 0 Å². The van der Waals surface area contributed by atoms with Crippen molar-refractivity contribution in [2.24, 2.45) is 5.92 Å². The van der Waals surface area contributed by atoms with Gasteiger partial charge in [-0.05, 0) is 37.8 Å². The molecule has 1 aromatic rings. The molecule has 94 valence electrons. The van der Waals surface area contributed by atoms with Gasteiger partial charge in [0.2, 0.25) is 0 Å². The second kappa shape index (κ2) is 5.05. The van der Waals surface area contributed by atoms with Gasteiger partial charge in [0.15, 0.2) is 0 Å². The molecule has 2 atom stereocenters. The zero-order valence-corrected chi connectivity index (χ0v) is 10.5. The van der Waals surface area contributed by atoms with Crippen molar-refractivity contribution in [1.29, 1.82) is 0 Å². The molecule has 0 spiro atoms. The lowest BCUT2D eigenvalue weighted by atomic mass is 9.98. The number of aliphatic hydroxyl groups is 1. The van der Waals surface area contributed by atoms with Crippen LogP contribution in [0.4, 0.5) is 10.1 Å². The van der Waals surface area contributed by atoms with Crippen molar-refractivity contribution in [1.82, 2.24) is 0 Å². The van der Waals surface area contributed by atoms with Gasteiger partial charge in [0.05, 0.1) is 6.10 Å². The van der Waals surface area contributed by atoms with E-state index in [1.54, 1.807) is 13.0 Å². The van der Waals surface area contributed by atoms with Crippen LogP contribution >= 0.6 is 0 Å². The van der Waals surface area contributed by atoms with E-state index in [1.807, 2.05) is 6.07 Å². The second-order valence-electron chi connectivity index (χ2n) is 5.04. The monoisotopic (exact) mass is 237 g/mol. The topological polar surface area (TPSA) is 23.5 Å². The SMILES string of the molecule is CC1CCCN(c2cccc(F)c2[C@H](C)O)C1. The summed E-state index contributed by atoms with van der Waals surface area (Å²) in [5, 5.41) is 9.72. The third-order valence-electron chi connectivity index (χ3n) is 3.45. The molecule has 0 bridgehead atoms. The van der Waals surface area contributed by atoms with E-state index in [9.17, 15) is 9.50 Å². The molecule has 1 aliphatic heterocycles. The first-order valence-electron chi connectivity index (χ1n) is 6.31. The average Bonchev–Trinajstić information content (AvgIpc) is 2.28. The molecule has 0 radical (unpaired) electrons. The molecule has 1 fully saturated rings. The number of hydrogen-bond donors (Lipinski definition) is 1. The van der Waals surface area contributed by atoms with Gasteiger partial charge in [-0.1, -0.05) is 13.0 Å². The van der Waals surface area contributed by atoms with Crippen molar-refractivity contribution in [2.75, 3.05) is 18.0 Å². The highest BCUT2D eigenvalue weighted by Crippen LogP contribution is 2.31. The van der Waals surface area contributed by atoms with Crippen molar-refractivity contribution < 1.29 is 9.50 Å². The van der Waals surface area contributed by atoms with Crippen LogP contribution in [-0.4, -0.2) is 18.2 Å². The van der Waals surface area contributed by atoms with Gasteiger partial charge in [-0.25, -0.2) is 4.39 Å². The Balaban J connectivity index is 2.34. The van der Waals surface area contributed by atoms with E-state index in [2.05, 4.69) is 11.8 Å². The molecular formula is C14H20FNO. The number of aliphatic hydroxyl groups excluding tert-OH is 1. The largest absolute Gasteiger partial charge is 0.389 e. The van der Waals surface area contributed by atoms with Gasteiger partial charge in [-0.3, -0.25) is 0 Å². The Morgan fingerprint density at radius 2 is 2.24 bits per heavy atom. The van der Waals surface area contributed by atoms with Crippen molar-refractivity contribution in [2.45, 2.75) is 32.8 Å². The van der Waals surface area contributed by atoms with Crippen LogP contribution < -0.4 is 4.90 Å². The van der Waals surface area contributed by atoms with Crippen molar-refractivity contribution in [3.8, 4) is 0 Å². The molecule has 2 nitrogen and oxygen atoms in total. The highest BCUT2D eigenvalue weighted by Gasteiger charge is 2.22. The quantitative estimate of drug-likeness (QED) is 0.854. The highest BCUT2D eigenvalue weighted by molar-refractivity contribution is 5.55. The van der Waals surface area contributed by atoms with Gasteiger partial charge in [-0.2, -0.15) is 0 Å². The zero-order valence-electron chi connectivity index (χ0n) is 10.5. The molecule has 0 saturated carbocycles. The van der Waals surface area contributed by atoms with Gasteiger partial charge >= 0.3 is 0 Å². The first-order chi connectivity index (χ1) is 8.09. The molecule has 1 saturated heterocycles. The average molecular weight is 237 g/mol. The summed E-state index contributed by atoms with van der Waals surface area (Å²) in [6.45, 7) is 5.74. The Hall–Kier alpha value is -1.09. The van der Waals surface area contributed by atoms with Gasteiger partial charge < -0.3 is 10.0 Å². The molecule has 1 heterocycles. The second-order valence-corrected chi connectivity index (χ2v) is 5.04. The van der Waals surface area contributed by atoms with Gasteiger partial charge in [0, 0.05) is 24.3 Å². The Labute approximate surface area is 102 Å². The normalized spacial score (nSPS) is 22.6. The van der Waals surface area contributed by atoms with Crippen LogP contribution in [0, 0.1) is 11.7 Å². The number of halogens is 1. The number of anilines is 1. The van der Waals surface area contributed by atoms with Crippen LogP contribution in [0.5, 0.6) is 0 Å². The Morgan fingerprint density at radius 3 is 2.88 bits per heavy atom. The first-order valence-corrected chi connectivity index (χ1v) is 6.31. The first kappa shape index (κ1) is 12.4. The smallest absolute Gasteiger partial charge is 0.131 e. The fourth-order valence-corrected chi connectivity index (χ4v) is 2.62. The lowest BCUT2D eigenvalue weighted by Crippen LogP contribution is -2.35. The minimum atomic E-state index is -0.761. The summed E-state index contributed by atoms with van der Waals surface area (Å²) in [6.07, 6.45) is 1.61. The molecular weight excluding hydrogens is 217 g/mol. The lowest BCUT2D eigenvalue weighted by molar-refractivity contribution is 0.194. The van der Waals surface area contributed by atoms with E-state index in [4.69, 9.17) is 0 Å². The number of nitrogens with zero attached hydrogens (tertiary/aromatic N) is 1. The van der Waals surface area contributed by atoms with Gasteiger partial charge in [0.25, 0.3) is 0 Å². The van der Waals surface area contributed by atoms with Crippen LogP contribution in [0.1, 0.15) is 38.4 Å². The van der Waals surface area contributed by atoms with Crippen molar-refractivity contribution >= 4 is 5.69 Å². The minimum absolute atomic E-state index is 0.310. The zero-order chi connectivity index (χ0) is 12.4. The van der Waals surface area contributed by atoms with E-state index in [-0.39, 0.29) is 5.82 Å². The minimum Gasteiger partial charge on any atom is -0.389 e. The molecule has 0 aromatic heterocycles. The Morgan fingerprint density at radius 1 is 1.47 bits per heavy atom. The molecule has 3 heteroatoms. The highest BCUT2D eigenvalue weighted by atomic mass is 19.1. The summed E-state index contributed by atoms with van der Waals surface area (Å²) in [5.41, 5.74) is 1.29. The summed E-state index contributed by atoms with van der Waals surface area (Å²) < 4.78 is 13.8. The Bertz CT molecular complexity index is 392. The standard InChI is InChI=1S/C14H20FNO/c1-10-5-4-8-16(9-10)13-7-3-6-12(15)14(13)11(2)17/h3,6-7,10-11,17H,4-5,8-9H2,1-2H3/t10?,11-/m0/s1. The van der Waals surface area contributed by atoms with E-state index in [0.717, 1.165) is 25.2 Å². The summed E-state index contributed by atoms with van der Waals surface area (Å²) in [7, 11) is 0. The molecule has 1 aliphatic rings. The molecule has 0 aliphatic carbocycles. The molecule has 17 heavy (non-hydrogen) atoms. The predicted molar refractivity (Wildman–Crippen MR) is 67.6 cm³/mol. The van der Waals surface area contributed by atoms with E-state index < -0.39 is 6.10 Å². The fraction of sp³-hybridized carbons (Fsp3) is 0.571. The summed E-state index contributed by atoms with van der Waals surface area (Å²) in [6, 6.07) is 5.04. The maximum Gasteiger partial charge on any atom is 0.131 e. The number of benzene rings is 1. The summed E-state index contributed by atoms with van der Waals surface area (Å²) in [4.78, 5) is 2.19. The van der Waals surface area contributed by atoms with Gasteiger partial charge in [-0.15, -0.1) is 0 Å². The lowest BCUT2D eigenvalue weighted by Gasteiger charge is -2.34.